The van der Waals surface area contributed by atoms with Crippen LogP contribution in [0.3, 0.4) is 0 Å². The number of alkyl halides is 3. The second-order valence-corrected chi connectivity index (χ2v) is 7.40. The van der Waals surface area contributed by atoms with E-state index in [2.05, 4.69) is 10.3 Å². The van der Waals surface area contributed by atoms with E-state index in [1.165, 1.54) is 0 Å². The Balaban J connectivity index is 1.59. The van der Waals surface area contributed by atoms with Gasteiger partial charge in [0.1, 0.15) is 24.3 Å². The average Bonchev–Trinajstić information content (AvgIpc) is 2.66. The van der Waals surface area contributed by atoms with Crippen molar-refractivity contribution in [1.82, 2.24) is 9.88 Å². The van der Waals surface area contributed by atoms with E-state index >= 15 is 0 Å². The number of pyridine rings is 1. The van der Waals surface area contributed by atoms with Crippen molar-refractivity contribution in [1.29, 1.82) is 0 Å². The molecule has 2 aromatic rings. The lowest BCUT2D eigenvalue weighted by Crippen LogP contribution is -2.49. The number of morpholine rings is 1. The Kier molecular flexibility index (Phi) is 6.72. The van der Waals surface area contributed by atoms with E-state index in [0.717, 1.165) is 29.5 Å². The third kappa shape index (κ3) is 5.76. The molecule has 1 N–H and O–H groups in total. The summed E-state index contributed by atoms with van der Waals surface area (Å²) in [7, 11) is 0. The summed E-state index contributed by atoms with van der Waals surface area (Å²) in [6, 6.07) is 6.20. The number of carbonyl (C=O) groups is 1. The zero-order chi connectivity index (χ0) is 21.9. The molecule has 162 valence electrons. The van der Waals surface area contributed by atoms with Gasteiger partial charge in [0.05, 0.1) is 23.7 Å². The number of amides is 2. The smallest absolute Gasteiger partial charge is 0.416 e. The average molecular weight is 444 g/mol. The fourth-order valence-electron chi connectivity index (χ4n) is 3.07. The van der Waals surface area contributed by atoms with Crippen molar-refractivity contribution >= 4 is 23.4 Å². The number of nitrogens with one attached hydrogen (secondary N) is 1. The van der Waals surface area contributed by atoms with Crippen LogP contribution in [0.4, 0.5) is 23.8 Å². The van der Waals surface area contributed by atoms with Crippen molar-refractivity contribution in [2.75, 3.05) is 31.6 Å². The number of hydrogen-bond donors (Lipinski definition) is 1. The normalized spacial score (nSPS) is 17.0. The summed E-state index contributed by atoms with van der Waals surface area (Å²) >= 11 is 5.94. The molecule has 30 heavy (non-hydrogen) atoms. The molecule has 6 nitrogen and oxygen atoms in total. The summed E-state index contributed by atoms with van der Waals surface area (Å²) in [5.74, 6) is 0.364. The molecule has 2 heterocycles. The maximum atomic E-state index is 12.9. The molecule has 1 aliphatic heterocycles. The van der Waals surface area contributed by atoms with Gasteiger partial charge in [-0.05, 0) is 49.7 Å². The lowest BCUT2D eigenvalue weighted by atomic mass is 10.2. The standard InChI is InChI=1S/C20H21ClF3N3O3/c1-12-7-13(2)25-18(8-12)26-19(28)27-5-6-29-15(10-27)11-30-17-9-14(20(22,23)24)3-4-16(17)21/h3-4,7-9,15H,5-6,10-11H2,1-2H3,(H,25,26,28). The minimum absolute atomic E-state index is 0.0490. The summed E-state index contributed by atoms with van der Waals surface area (Å²) in [4.78, 5) is 18.4. The molecule has 1 saturated heterocycles. The Hall–Kier alpha value is -2.52. The van der Waals surface area contributed by atoms with E-state index in [4.69, 9.17) is 21.1 Å². The number of aryl methyl sites for hydroxylation is 2. The Morgan fingerprint density at radius 1 is 1.33 bits per heavy atom. The number of rotatable bonds is 4. The second kappa shape index (κ2) is 9.09. The highest BCUT2D eigenvalue weighted by molar-refractivity contribution is 6.32. The van der Waals surface area contributed by atoms with E-state index in [-0.39, 0.29) is 36.6 Å². The topological polar surface area (TPSA) is 63.7 Å². The first-order chi connectivity index (χ1) is 14.1. The first-order valence-electron chi connectivity index (χ1n) is 9.24. The Morgan fingerprint density at radius 2 is 2.10 bits per heavy atom. The van der Waals surface area contributed by atoms with Gasteiger partial charge < -0.3 is 14.4 Å². The Labute approximate surface area is 176 Å². The minimum atomic E-state index is -4.50. The number of urea groups is 1. The van der Waals surface area contributed by atoms with Gasteiger partial charge in [-0.25, -0.2) is 9.78 Å². The van der Waals surface area contributed by atoms with Crippen LogP contribution in [-0.2, 0) is 10.9 Å². The van der Waals surface area contributed by atoms with Gasteiger partial charge in [0.15, 0.2) is 0 Å². The predicted molar refractivity (Wildman–Crippen MR) is 106 cm³/mol. The van der Waals surface area contributed by atoms with Gasteiger partial charge in [-0.15, -0.1) is 0 Å². The van der Waals surface area contributed by atoms with Gasteiger partial charge >= 0.3 is 12.2 Å². The highest BCUT2D eigenvalue weighted by Crippen LogP contribution is 2.35. The molecule has 0 bridgehead atoms. The summed E-state index contributed by atoms with van der Waals surface area (Å²) in [6.07, 6.45) is -5.01. The van der Waals surface area contributed by atoms with Gasteiger partial charge in [-0.3, -0.25) is 5.32 Å². The lowest BCUT2D eigenvalue weighted by Gasteiger charge is -2.32. The molecule has 1 atom stereocenters. The molecule has 1 fully saturated rings. The number of nitrogens with zero attached hydrogens (tertiary/aromatic N) is 2. The molecular formula is C20H21ClF3N3O3. The zero-order valence-corrected chi connectivity index (χ0v) is 17.2. The van der Waals surface area contributed by atoms with E-state index in [1.54, 1.807) is 11.0 Å². The van der Waals surface area contributed by atoms with E-state index in [1.807, 2.05) is 19.9 Å². The van der Waals surface area contributed by atoms with Gasteiger partial charge in [0.25, 0.3) is 0 Å². The first-order valence-corrected chi connectivity index (χ1v) is 9.62. The monoisotopic (exact) mass is 443 g/mol. The van der Waals surface area contributed by atoms with Crippen LogP contribution >= 0.6 is 11.6 Å². The molecule has 3 rings (SSSR count). The number of halogens is 4. The molecule has 1 unspecified atom stereocenters. The molecule has 0 radical (unpaired) electrons. The molecule has 10 heteroatoms. The van der Waals surface area contributed by atoms with Crippen LogP contribution in [0.5, 0.6) is 5.75 Å². The fourth-order valence-corrected chi connectivity index (χ4v) is 3.24. The van der Waals surface area contributed by atoms with Crippen molar-refractivity contribution in [3.63, 3.8) is 0 Å². The van der Waals surface area contributed by atoms with Crippen LogP contribution in [-0.4, -0.2) is 48.3 Å². The molecular weight excluding hydrogens is 423 g/mol. The Morgan fingerprint density at radius 3 is 2.80 bits per heavy atom. The fraction of sp³-hybridized carbons (Fsp3) is 0.400. The summed E-state index contributed by atoms with van der Waals surface area (Å²) < 4.78 is 49.7. The SMILES string of the molecule is Cc1cc(C)nc(NC(=O)N2CCOC(COc3cc(C(F)(F)F)ccc3Cl)C2)c1. The molecule has 0 spiro atoms. The van der Waals surface area contributed by atoms with Gasteiger partial charge in [0.2, 0.25) is 0 Å². The number of hydrogen-bond acceptors (Lipinski definition) is 4. The van der Waals surface area contributed by atoms with Crippen molar-refractivity contribution in [2.24, 2.45) is 0 Å². The van der Waals surface area contributed by atoms with E-state index in [0.29, 0.717) is 12.4 Å². The molecule has 1 aromatic heterocycles. The van der Waals surface area contributed by atoms with Crippen LogP contribution in [0.15, 0.2) is 30.3 Å². The third-order valence-corrected chi connectivity index (χ3v) is 4.75. The molecule has 1 aliphatic rings. The minimum Gasteiger partial charge on any atom is -0.489 e. The third-order valence-electron chi connectivity index (χ3n) is 4.44. The highest BCUT2D eigenvalue weighted by atomic mass is 35.5. The quantitative estimate of drug-likeness (QED) is 0.745. The number of anilines is 1. The van der Waals surface area contributed by atoms with Gasteiger partial charge in [-0.1, -0.05) is 11.6 Å². The predicted octanol–water partition coefficient (Wildman–Crippen LogP) is 4.68. The Bertz CT molecular complexity index is 904. The zero-order valence-electron chi connectivity index (χ0n) is 16.4. The molecule has 0 aliphatic carbocycles. The number of ether oxygens (including phenoxy) is 2. The van der Waals surface area contributed by atoms with E-state index < -0.39 is 17.8 Å². The van der Waals surface area contributed by atoms with Crippen LogP contribution in [0.1, 0.15) is 16.8 Å². The van der Waals surface area contributed by atoms with Crippen molar-refractivity contribution in [3.05, 3.63) is 52.2 Å². The summed E-state index contributed by atoms with van der Waals surface area (Å²) in [5.41, 5.74) is 0.911. The van der Waals surface area contributed by atoms with Gasteiger partial charge in [-0.2, -0.15) is 13.2 Å². The van der Waals surface area contributed by atoms with Crippen molar-refractivity contribution in [3.8, 4) is 5.75 Å². The van der Waals surface area contributed by atoms with Crippen LogP contribution in [0.2, 0.25) is 5.02 Å². The van der Waals surface area contributed by atoms with Crippen LogP contribution in [0.25, 0.3) is 0 Å². The van der Waals surface area contributed by atoms with Crippen molar-refractivity contribution in [2.45, 2.75) is 26.1 Å². The molecule has 1 aromatic carbocycles. The number of aromatic nitrogens is 1. The highest BCUT2D eigenvalue weighted by Gasteiger charge is 2.31. The van der Waals surface area contributed by atoms with Crippen molar-refractivity contribution < 1.29 is 27.4 Å². The summed E-state index contributed by atoms with van der Waals surface area (Å²) in [5, 5.41) is 2.82. The maximum Gasteiger partial charge on any atom is 0.416 e. The number of benzene rings is 1. The summed E-state index contributed by atoms with van der Waals surface area (Å²) in [6.45, 7) is 4.56. The van der Waals surface area contributed by atoms with Crippen LogP contribution in [0, 0.1) is 13.8 Å². The van der Waals surface area contributed by atoms with Gasteiger partial charge in [0, 0.05) is 12.2 Å². The molecule has 0 saturated carbocycles. The lowest BCUT2D eigenvalue weighted by molar-refractivity contribution is -0.137. The molecule has 2 amide bonds. The van der Waals surface area contributed by atoms with Crippen LogP contribution < -0.4 is 10.1 Å². The van der Waals surface area contributed by atoms with E-state index in [9.17, 15) is 18.0 Å². The largest absolute Gasteiger partial charge is 0.489 e. The maximum absolute atomic E-state index is 12.9. The number of carbonyl (C=O) groups excluding carboxylic acids is 1. The second-order valence-electron chi connectivity index (χ2n) is 6.99. The first kappa shape index (κ1) is 22.2.